The number of nitrogens with two attached hydrogens (primary N) is 1. The molecule has 4 atom stereocenters. The van der Waals surface area contributed by atoms with Crippen LogP contribution < -0.4 is 5.73 Å². The van der Waals surface area contributed by atoms with Gasteiger partial charge in [-0.3, -0.25) is 0 Å². The van der Waals surface area contributed by atoms with E-state index in [9.17, 15) is 0 Å². The highest BCUT2D eigenvalue weighted by atomic mass is 14.6. The van der Waals surface area contributed by atoms with Gasteiger partial charge in [-0.05, 0) is 50.4 Å². The summed E-state index contributed by atoms with van der Waals surface area (Å²) in [5.74, 6) is 3.14. The zero-order valence-corrected chi connectivity index (χ0v) is 7.42. The van der Waals surface area contributed by atoms with Gasteiger partial charge < -0.3 is 5.73 Å². The van der Waals surface area contributed by atoms with Crippen molar-refractivity contribution in [2.24, 2.45) is 23.5 Å². The molecule has 0 radical (unpaired) electrons. The average Bonchev–Trinajstić information content (AvgIpc) is 2.45. The molecular weight excluding hydrogens is 134 g/mol. The van der Waals surface area contributed by atoms with Crippen molar-refractivity contribution < 1.29 is 0 Å². The van der Waals surface area contributed by atoms with Gasteiger partial charge in [0, 0.05) is 6.04 Å². The summed E-state index contributed by atoms with van der Waals surface area (Å²) in [6.45, 7) is 2.14. The largest absolute Gasteiger partial charge is 0.328 e. The van der Waals surface area contributed by atoms with E-state index in [1.54, 1.807) is 0 Å². The van der Waals surface area contributed by atoms with Crippen LogP contribution in [0.5, 0.6) is 0 Å². The summed E-state index contributed by atoms with van der Waals surface area (Å²) in [6.07, 6.45) is 7.31. The summed E-state index contributed by atoms with van der Waals surface area (Å²) in [7, 11) is 0. The van der Waals surface area contributed by atoms with Crippen molar-refractivity contribution in [3.63, 3.8) is 0 Å². The number of rotatable bonds is 2. The van der Waals surface area contributed by atoms with Crippen molar-refractivity contribution in [1.29, 1.82) is 0 Å². The Hall–Kier alpha value is -0.0400. The zero-order chi connectivity index (χ0) is 7.84. The summed E-state index contributed by atoms with van der Waals surface area (Å²) in [5, 5.41) is 0. The molecule has 0 spiro atoms. The second kappa shape index (κ2) is 2.78. The summed E-state index contributed by atoms with van der Waals surface area (Å²) < 4.78 is 0. The lowest BCUT2D eigenvalue weighted by atomic mass is 9.85. The Bertz CT molecular complexity index is 142. The highest BCUT2D eigenvalue weighted by molar-refractivity contribution is 4.90. The topological polar surface area (TPSA) is 26.0 Å². The van der Waals surface area contributed by atoms with Crippen molar-refractivity contribution in [1.82, 2.24) is 0 Å². The van der Waals surface area contributed by atoms with Crippen LogP contribution in [-0.4, -0.2) is 6.04 Å². The van der Waals surface area contributed by atoms with Crippen molar-refractivity contribution in [3.8, 4) is 0 Å². The number of fused-ring (bicyclic) bond motifs is 2. The van der Waals surface area contributed by atoms with Crippen LogP contribution in [-0.2, 0) is 0 Å². The predicted molar refractivity (Wildman–Crippen MR) is 47.2 cm³/mol. The van der Waals surface area contributed by atoms with Gasteiger partial charge in [0.05, 0.1) is 0 Å². The third-order valence-electron chi connectivity index (χ3n) is 3.56. The molecule has 0 aromatic rings. The summed E-state index contributed by atoms with van der Waals surface area (Å²) in [4.78, 5) is 0. The van der Waals surface area contributed by atoms with Gasteiger partial charge in [-0.15, -0.1) is 0 Å². The molecule has 0 amide bonds. The Morgan fingerprint density at radius 2 is 2.18 bits per heavy atom. The predicted octanol–water partition coefficient (Wildman–Crippen LogP) is 2.16. The highest BCUT2D eigenvalue weighted by Crippen LogP contribution is 2.49. The summed E-state index contributed by atoms with van der Waals surface area (Å²) >= 11 is 0. The SMILES string of the molecule is C[C@@H](N)CC1CC2CCC1C2. The maximum Gasteiger partial charge on any atom is 0.00132 e. The number of hydrogen-bond donors (Lipinski definition) is 1. The standard InChI is InChI=1S/C10H19N/c1-7(11)4-10-6-8-2-3-9(10)5-8/h7-10H,2-6,11H2,1H3/t7-,8?,9?,10?/m1/s1. The minimum absolute atomic E-state index is 0.430. The summed E-state index contributed by atoms with van der Waals surface area (Å²) in [5.41, 5.74) is 5.80. The van der Waals surface area contributed by atoms with Gasteiger partial charge in [0.2, 0.25) is 0 Å². The van der Waals surface area contributed by atoms with E-state index in [4.69, 9.17) is 5.73 Å². The highest BCUT2D eigenvalue weighted by Gasteiger charge is 2.39. The lowest BCUT2D eigenvalue weighted by molar-refractivity contribution is 0.299. The number of hydrogen-bond acceptors (Lipinski definition) is 1. The molecule has 1 nitrogen and oxygen atoms in total. The first kappa shape index (κ1) is 7.60. The van der Waals surface area contributed by atoms with Gasteiger partial charge >= 0.3 is 0 Å². The molecule has 2 aliphatic carbocycles. The maximum absolute atomic E-state index is 5.80. The van der Waals surface area contributed by atoms with Gasteiger partial charge in [-0.1, -0.05) is 6.42 Å². The third kappa shape index (κ3) is 1.44. The monoisotopic (exact) mass is 153 g/mol. The van der Waals surface area contributed by atoms with Crippen LogP contribution >= 0.6 is 0 Å². The zero-order valence-electron chi connectivity index (χ0n) is 7.42. The molecule has 2 fully saturated rings. The van der Waals surface area contributed by atoms with Crippen LogP contribution in [0.2, 0.25) is 0 Å². The molecule has 3 unspecified atom stereocenters. The quantitative estimate of drug-likeness (QED) is 0.646. The average molecular weight is 153 g/mol. The second-order valence-electron chi connectivity index (χ2n) is 4.65. The fourth-order valence-corrected chi connectivity index (χ4v) is 3.14. The Kier molecular flexibility index (Phi) is 1.92. The molecule has 2 saturated carbocycles. The molecule has 2 aliphatic rings. The van der Waals surface area contributed by atoms with Crippen LogP contribution in [0.25, 0.3) is 0 Å². The first-order valence-corrected chi connectivity index (χ1v) is 5.01. The molecule has 2 rings (SSSR count). The third-order valence-corrected chi connectivity index (χ3v) is 3.56. The molecular formula is C10H19N. The molecule has 0 aliphatic heterocycles. The van der Waals surface area contributed by atoms with E-state index in [2.05, 4.69) is 6.92 Å². The molecule has 0 heterocycles. The Morgan fingerprint density at radius 3 is 2.64 bits per heavy atom. The molecule has 0 aromatic carbocycles. The van der Waals surface area contributed by atoms with Crippen LogP contribution in [0.3, 0.4) is 0 Å². The molecule has 0 aromatic heterocycles. The van der Waals surface area contributed by atoms with Gasteiger partial charge in [0.1, 0.15) is 0 Å². The van der Waals surface area contributed by atoms with Crippen molar-refractivity contribution in [3.05, 3.63) is 0 Å². The Morgan fingerprint density at radius 1 is 1.36 bits per heavy atom. The van der Waals surface area contributed by atoms with Gasteiger partial charge in [0.25, 0.3) is 0 Å². The molecule has 2 N–H and O–H groups in total. The van der Waals surface area contributed by atoms with Crippen LogP contribution in [0, 0.1) is 17.8 Å². The fourth-order valence-electron chi connectivity index (χ4n) is 3.14. The molecule has 2 bridgehead atoms. The van der Waals surface area contributed by atoms with Gasteiger partial charge in [-0.25, -0.2) is 0 Å². The minimum Gasteiger partial charge on any atom is -0.328 e. The van der Waals surface area contributed by atoms with Crippen molar-refractivity contribution in [2.75, 3.05) is 0 Å². The van der Waals surface area contributed by atoms with E-state index >= 15 is 0 Å². The Labute approximate surface area is 69.4 Å². The van der Waals surface area contributed by atoms with E-state index < -0.39 is 0 Å². The molecule has 0 saturated heterocycles. The van der Waals surface area contributed by atoms with E-state index in [0.29, 0.717) is 6.04 Å². The van der Waals surface area contributed by atoms with Gasteiger partial charge in [0.15, 0.2) is 0 Å². The smallest absolute Gasteiger partial charge is 0.00132 e. The van der Waals surface area contributed by atoms with E-state index in [-0.39, 0.29) is 0 Å². The fraction of sp³-hybridized carbons (Fsp3) is 1.00. The summed E-state index contributed by atoms with van der Waals surface area (Å²) in [6, 6.07) is 0.430. The molecule has 1 heteroatoms. The van der Waals surface area contributed by atoms with Crippen LogP contribution in [0.1, 0.15) is 39.0 Å². The normalized spacial score (nSPS) is 44.7. The maximum atomic E-state index is 5.80. The second-order valence-corrected chi connectivity index (χ2v) is 4.65. The first-order valence-electron chi connectivity index (χ1n) is 5.01. The van der Waals surface area contributed by atoms with Crippen LogP contribution in [0.4, 0.5) is 0 Å². The van der Waals surface area contributed by atoms with E-state index in [1.807, 2.05) is 0 Å². The molecule has 11 heavy (non-hydrogen) atoms. The molecule has 64 valence electrons. The lowest BCUT2D eigenvalue weighted by Crippen LogP contribution is -2.22. The van der Waals surface area contributed by atoms with E-state index in [1.165, 1.54) is 32.1 Å². The Balaban J connectivity index is 1.87. The van der Waals surface area contributed by atoms with Crippen LogP contribution in [0.15, 0.2) is 0 Å². The van der Waals surface area contributed by atoms with Crippen molar-refractivity contribution >= 4 is 0 Å². The first-order chi connectivity index (χ1) is 5.25. The van der Waals surface area contributed by atoms with E-state index in [0.717, 1.165) is 17.8 Å². The minimum atomic E-state index is 0.430. The lowest BCUT2D eigenvalue weighted by Gasteiger charge is -2.22. The van der Waals surface area contributed by atoms with Crippen molar-refractivity contribution in [2.45, 2.75) is 45.1 Å². The van der Waals surface area contributed by atoms with Gasteiger partial charge in [-0.2, -0.15) is 0 Å².